The van der Waals surface area contributed by atoms with Gasteiger partial charge < -0.3 is 10.2 Å². The molecule has 1 aromatic heterocycles. The van der Waals surface area contributed by atoms with Crippen LogP contribution in [0.5, 0.6) is 6.01 Å². The zero-order valence-electron chi connectivity index (χ0n) is 15.0. The van der Waals surface area contributed by atoms with E-state index in [9.17, 15) is 15.0 Å². The summed E-state index contributed by atoms with van der Waals surface area (Å²) in [5, 5.41) is 23.1. The van der Waals surface area contributed by atoms with Crippen molar-refractivity contribution in [2.45, 2.75) is 32.7 Å². The Morgan fingerprint density at radius 1 is 1.08 bits per heavy atom. The van der Waals surface area contributed by atoms with E-state index < -0.39 is 5.97 Å². The maximum Gasteiger partial charge on any atom is 0.336 e. The van der Waals surface area contributed by atoms with Crippen LogP contribution in [0.3, 0.4) is 0 Å². The fraction of sp³-hybridized carbons (Fsp3) is 0.250. The molecule has 134 valence electrons. The molecule has 1 heterocycles. The number of carboxylic acids is 1. The standard InChI is InChI=1S/C20H21N3O3/c1-20(2,3)23-17(21-19(26)22-23)12-13-8-10-14(11-9-13)15-6-4-5-7-16(15)18(24)25/h4-11H,12H2,1-3H3,(H,22,26)(H,24,25). The molecule has 3 rings (SSSR count). The molecule has 0 spiro atoms. The Kier molecular flexibility index (Phi) is 4.50. The molecule has 0 saturated heterocycles. The molecule has 6 nitrogen and oxygen atoms in total. The molecule has 0 radical (unpaired) electrons. The molecule has 0 fully saturated rings. The van der Waals surface area contributed by atoms with Crippen molar-refractivity contribution in [2.24, 2.45) is 0 Å². The lowest BCUT2D eigenvalue weighted by Gasteiger charge is -2.20. The van der Waals surface area contributed by atoms with Gasteiger partial charge in [-0.3, -0.25) is 0 Å². The van der Waals surface area contributed by atoms with Crippen LogP contribution in [0.1, 0.15) is 42.5 Å². The highest BCUT2D eigenvalue weighted by atomic mass is 16.4. The molecule has 2 N–H and O–H groups in total. The van der Waals surface area contributed by atoms with Crippen LogP contribution in [0.25, 0.3) is 11.1 Å². The SMILES string of the molecule is CC(C)(C)n1nc(O)nc1Cc1ccc(-c2ccccc2C(=O)O)cc1. The fourth-order valence-electron chi connectivity index (χ4n) is 2.89. The smallest absolute Gasteiger partial charge is 0.336 e. The molecule has 0 aliphatic heterocycles. The number of aromatic carboxylic acids is 1. The van der Waals surface area contributed by atoms with Gasteiger partial charge in [0.2, 0.25) is 0 Å². The summed E-state index contributed by atoms with van der Waals surface area (Å²) in [6, 6.07) is 14.4. The van der Waals surface area contributed by atoms with Gasteiger partial charge in [-0.1, -0.05) is 42.5 Å². The summed E-state index contributed by atoms with van der Waals surface area (Å²) in [6.07, 6.45) is 0.520. The second-order valence-electron chi connectivity index (χ2n) is 7.14. The Hall–Kier alpha value is -3.15. The first-order valence-corrected chi connectivity index (χ1v) is 8.33. The Balaban J connectivity index is 1.90. The lowest BCUT2D eigenvalue weighted by atomic mass is 9.98. The highest BCUT2D eigenvalue weighted by Crippen LogP contribution is 2.25. The van der Waals surface area contributed by atoms with Crippen molar-refractivity contribution in [3.05, 3.63) is 65.5 Å². The molecule has 3 aromatic rings. The highest BCUT2D eigenvalue weighted by molar-refractivity contribution is 5.95. The fourth-order valence-corrected chi connectivity index (χ4v) is 2.89. The predicted molar refractivity (Wildman–Crippen MR) is 98.3 cm³/mol. The van der Waals surface area contributed by atoms with Gasteiger partial charge in [-0.25, -0.2) is 9.48 Å². The summed E-state index contributed by atoms with van der Waals surface area (Å²) in [4.78, 5) is 15.5. The van der Waals surface area contributed by atoms with Crippen LogP contribution < -0.4 is 0 Å². The summed E-state index contributed by atoms with van der Waals surface area (Å²) < 4.78 is 1.72. The molecular formula is C20H21N3O3. The minimum atomic E-state index is -0.946. The molecule has 26 heavy (non-hydrogen) atoms. The van der Waals surface area contributed by atoms with Crippen molar-refractivity contribution in [3.63, 3.8) is 0 Å². The van der Waals surface area contributed by atoms with E-state index >= 15 is 0 Å². The number of aromatic hydroxyl groups is 1. The van der Waals surface area contributed by atoms with Gasteiger partial charge >= 0.3 is 12.0 Å². The number of hydrogen-bond acceptors (Lipinski definition) is 4. The number of carbonyl (C=O) groups is 1. The van der Waals surface area contributed by atoms with E-state index in [1.54, 1.807) is 22.9 Å². The zero-order valence-corrected chi connectivity index (χ0v) is 15.0. The van der Waals surface area contributed by atoms with Gasteiger partial charge in [0.15, 0.2) is 0 Å². The summed E-state index contributed by atoms with van der Waals surface area (Å²) in [5.41, 5.74) is 2.51. The first-order chi connectivity index (χ1) is 12.3. The van der Waals surface area contributed by atoms with Crippen LogP contribution in [-0.2, 0) is 12.0 Å². The van der Waals surface area contributed by atoms with Gasteiger partial charge in [0, 0.05) is 6.42 Å². The van der Waals surface area contributed by atoms with Gasteiger partial charge in [-0.2, -0.15) is 4.98 Å². The monoisotopic (exact) mass is 351 g/mol. The Morgan fingerprint density at radius 3 is 2.35 bits per heavy atom. The number of nitrogens with zero attached hydrogens (tertiary/aromatic N) is 3. The van der Waals surface area contributed by atoms with Crippen molar-refractivity contribution in [1.29, 1.82) is 0 Å². The van der Waals surface area contributed by atoms with Crippen LogP contribution in [0.15, 0.2) is 48.5 Å². The van der Waals surface area contributed by atoms with Crippen molar-refractivity contribution < 1.29 is 15.0 Å². The molecule has 0 atom stereocenters. The van der Waals surface area contributed by atoms with Crippen molar-refractivity contribution in [3.8, 4) is 17.1 Å². The van der Waals surface area contributed by atoms with Crippen LogP contribution in [0.2, 0.25) is 0 Å². The van der Waals surface area contributed by atoms with E-state index in [0.717, 1.165) is 11.1 Å². The number of aromatic nitrogens is 3. The van der Waals surface area contributed by atoms with E-state index in [1.165, 1.54) is 0 Å². The van der Waals surface area contributed by atoms with Gasteiger partial charge in [0.05, 0.1) is 11.1 Å². The Morgan fingerprint density at radius 2 is 1.73 bits per heavy atom. The third-order valence-electron chi connectivity index (χ3n) is 4.08. The number of carboxylic acid groups (broad SMARTS) is 1. The van der Waals surface area contributed by atoms with Crippen LogP contribution >= 0.6 is 0 Å². The van der Waals surface area contributed by atoms with E-state index in [0.29, 0.717) is 17.8 Å². The molecule has 0 saturated carbocycles. The number of benzene rings is 2. The van der Waals surface area contributed by atoms with E-state index in [1.807, 2.05) is 51.1 Å². The molecule has 6 heteroatoms. The molecule has 2 aromatic carbocycles. The lowest BCUT2D eigenvalue weighted by molar-refractivity contribution is 0.0697. The molecule has 0 unspecified atom stereocenters. The van der Waals surface area contributed by atoms with Gasteiger partial charge in [-0.05, 0) is 43.5 Å². The second-order valence-corrected chi connectivity index (χ2v) is 7.14. The van der Waals surface area contributed by atoms with E-state index in [2.05, 4.69) is 10.1 Å². The number of hydrogen-bond donors (Lipinski definition) is 2. The van der Waals surface area contributed by atoms with Gasteiger partial charge in [-0.15, -0.1) is 5.10 Å². The summed E-state index contributed by atoms with van der Waals surface area (Å²) >= 11 is 0. The predicted octanol–water partition coefficient (Wildman–Crippen LogP) is 3.69. The molecule has 0 aliphatic carbocycles. The van der Waals surface area contributed by atoms with Crippen LogP contribution in [-0.4, -0.2) is 30.9 Å². The molecular weight excluding hydrogens is 330 g/mol. The van der Waals surface area contributed by atoms with E-state index in [-0.39, 0.29) is 17.1 Å². The van der Waals surface area contributed by atoms with Crippen molar-refractivity contribution in [1.82, 2.24) is 14.8 Å². The highest BCUT2D eigenvalue weighted by Gasteiger charge is 2.21. The zero-order chi connectivity index (χ0) is 18.9. The largest absolute Gasteiger partial charge is 0.478 e. The average Bonchev–Trinajstić information content (AvgIpc) is 2.96. The molecule has 0 amide bonds. The van der Waals surface area contributed by atoms with Gasteiger partial charge in [0.1, 0.15) is 5.82 Å². The second kappa shape index (κ2) is 6.63. The summed E-state index contributed by atoms with van der Waals surface area (Å²) in [5.74, 6) is -0.271. The first kappa shape index (κ1) is 17.7. The average molecular weight is 351 g/mol. The Bertz CT molecular complexity index is 938. The number of rotatable bonds is 4. The third-order valence-corrected chi connectivity index (χ3v) is 4.08. The van der Waals surface area contributed by atoms with Crippen LogP contribution in [0.4, 0.5) is 0 Å². The minimum absolute atomic E-state index is 0.234. The Labute approximate surface area is 151 Å². The third kappa shape index (κ3) is 3.59. The minimum Gasteiger partial charge on any atom is -0.478 e. The first-order valence-electron chi connectivity index (χ1n) is 8.33. The van der Waals surface area contributed by atoms with Crippen molar-refractivity contribution in [2.75, 3.05) is 0 Å². The maximum atomic E-state index is 11.4. The maximum absolute atomic E-state index is 11.4. The van der Waals surface area contributed by atoms with Crippen molar-refractivity contribution >= 4 is 5.97 Å². The quantitative estimate of drug-likeness (QED) is 0.748. The summed E-state index contributed by atoms with van der Waals surface area (Å²) in [6.45, 7) is 5.99. The van der Waals surface area contributed by atoms with Gasteiger partial charge in [0.25, 0.3) is 0 Å². The topological polar surface area (TPSA) is 88.2 Å². The lowest BCUT2D eigenvalue weighted by Crippen LogP contribution is -2.25. The van der Waals surface area contributed by atoms with E-state index in [4.69, 9.17) is 0 Å². The molecule has 0 aliphatic rings. The normalized spacial score (nSPS) is 11.5. The van der Waals surface area contributed by atoms with Crippen LogP contribution in [0, 0.1) is 0 Å². The molecule has 0 bridgehead atoms. The summed E-state index contributed by atoms with van der Waals surface area (Å²) in [7, 11) is 0.